The third-order valence-corrected chi connectivity index (χ3v) is 8.10. The van der Waals surface area contributed by atoms with Crippen molar-refractivity contribution in [2.75, 3.05) is 10.2 Å². The van der Waals surface area contributed by atoms with Crippen LogP contribution in [0.15, 0.2) is 72.2 Å². The molecule has 0 saturated carbocycles. The Hall–Kier alpha value is -3.19. The van der Waals surface area contributed by atoms with Crippen LogP contribution in [0.4, 0.5) is 11.4 Å². The zero-order chi connectivity index (χ0) is 27.9. The van der Waals surface area contributed by atoms with Gasteiger partial charge in [0, 0.05) is 53.1 Å². The number of amides is 1. The number of nitrogens with one attached hydrogen (secondary N) is 1. The Morgan fingerprint density at radius 2 is 1.87 bits per heavy atom. The number of Topliss-reactive ketones (excluding diaryl/α,β-unsaturated/α-hetero) is 1. The minimum absolute atomic E-state index is 0.00176. The highest BCUT2D eigenvalue weighted by Crippen LogP contribution is 2.50. The van der Waals surface area contributed by atoms with Gasteiger partial charge in [-0.2, -0.15) is 0 Å². The lowest BCUT2D eigenvalue weighted by Gasteiger charge is -2.37. The van der Waals surface area contributed by atoms with Crippen molar-refractivity contribution in [1.29, 1.82) is 0 Å². The van der Waals surface area contributed by atoms with Gasteiger partial charge in [0.2, 0.25) is 5.91 Å². The van der Waals surface area contributed by atoms with Gasteiger partial charge in [-0.15, -0.1) is 0 Å². The van der Waals surface area contributed by atoms with Crippen molar-refractivity contribution < 1.29 is 9.59 Å². The number of hydrogen-bond donors (Lipinski definition) is 2. The number of rotatable bonds is 5. The highest BCUT2D eigenvalue weighted by molar-refractivity contribution is 6.35. The number of benzene rings is 2. The standard InChI is InChI=1S/C31H32Cl2N4O2/c1-18(38)37-27-9-5-20(24(34)8-4-19-10-12-35-13-11-19)14-25(27)36-26-16-31(2,3)17-28(39)29(26)30(37)22-7-6-21(32)15-23(22)33/h5-7,9-15,24,30,36H,4,8,16-17,34H2,1-3H3. The van der Waals surface area contributed by atoms with Crippen molar-refractivity contribution in [1.82, 2.24) is 4.98 Å². The van der Waals surface area contributed by atoms with Gasteiger partial charge in [0.25, 0.3) is 0 Å². The number of carbonyl (C=O) groups excluding carboxylic acids is 2. The molecule has 6 nitrogen and oxygen atoms in total. The summed E-state index contributed by atoms with van der Waals surface area (Å²) >= 11 is 12.9. The molecule has 2 heterocycles. The van der Waals surface area contributed by atoms with Crippen LogP contribution < -0.4 is 16.0 Å². The molecule has 8 heteroatoms. The molecule has 0 saturated heterocycles. The van der Waals surface area contributed by atoms with E-state index in [1.54, 1.807) is 35.5 Å². The van der Waals surface area contributed by atoms with Gasteiger partial charge in [0.05, 0.1) is 17.4 Å². The van der Waals surface area contributed by atoms with E-state index in [1.165, 1.54) is 12.5 Å². The summed E-state index contributed by atoms with van der Waals surface area (Å²) in [5, 5.41) is 4.46. The molecule has 0 bridgehead atoms. The summed E-state index contributed by atoms with van der Waals surface area (Å²) in [6, 6.07) is 14.2. The Morgan fingerprint density at radius 1 is 1.13 bits per heavy atom. The number of fused-ring (bicyclic) bond motifs is 1. The smallest absolute Gasteiger partial charge is 0.224 e. The lowest BCUT2D eigenvalue weighted by atomic mass is 9.73. The zero-order valence-corrected chi connectivity index (χ0v) is 23.8. The molecule has 0 fully saturated rings. The van der Waals surface area contributed by atoms with Crippen LogP contribution in [0.2, 0.25) is 10.0 Å². The average Bonchev–Trinajstić information content (AvgIpc) is 3.01. The van der Waals surface area contributed by atoms with Crippen molar-refractivity contribution in [3.05, 3.63) is 98.9 Å². The van der Waals surface area contributed by atoms with Gasteiger partial charge < -0.3 is 11.1 Å². The fraction of sp³-hybridized carbons (Fsp3) is 0.323. The summed E-state index contributed by atoms with van der Waals surface area (Å²) in [6.45, 7) is 5.68. The molecule has 1 aromatic heterocycles. The first-order valence-electron chi connectivity index (χ1n) is 13.1. The van der Waals surface area contributed by atoms with Gasteiger partial charge in [0.15, 0.2) is 5.78 Å². The largest absolute Gasteiger partial charge is 0.357 e. The lowest BCUT2D eigenvalue weighted by Crippen LogP contribution is -2.38. The summed E-state index contributed by atoms with van der Waals surface area (Å²) in [5.41, 5.74) is 12.0. The predicted molar refractivity (Wildman–Crippen MR) is 157 cm³/mol. The number of aromatic nitrogens is 1. The first-order valence-corrected chi connectivity index (χ1v) is 13.9. The third kappa shape index (κ3) is 5.60. The molecule has 0 radical (unpaired) electrons. The topological polar surface area (TPSA) is 88.3 Å². The monoisotopic (exact) mass is 562 g/mol. The second-order valence-corrected chi connectivity index (χ2v) is 12.0. The molecule has 0 spiro atoms. The van der Waals surface area contributed by atoms with Crippen LogP contribution in [0.25, 0.3) is 0 Å². The molecule has 2 unspecified atom stereocenters. The second kappa shape index (κ2) is 10.8. The summed E-state index contributed by atoms with van der Waals surface area (Å²) < 4.78 is 0. The van der Waals surface area contributed by atoms with Crippen molar-refractivity contribution >= 4 is 46.3 Å². The van der Waals surface area contributed by atoms with E-state index < -0.39 is 6.04 Å². The van der Waals surface area contributed by atoms with Crippen molar-refractivity contribution in [2.45, 2.75) is 58.5 Å². The number of nitrogens with zero attached hydrogens (tertiary/aromatic N) is 2. The minimum atomic E-state index is -0.689. The van der Waals surface area contributed by atoms with Gasteiger partial charge in [-0.3, -0.25) is 19.5 Å². The van der Waals surface area contributed by atoms with Gasteiger partial charge in [0.1, 0.15) is 0 Å². The van der Waals surface area contributed by atoms with Crippen LogP contribution in [-0.4, -0.2) is 16.7 Å². The molecule has 202 valence electrons. The van der Waals surface area contributed by atoms with E-state index in [0.29, 0.717) is 39.7 Å². The number of nitrogens with two attached hydrogens (primary N) is 1. The van der Waals surface area contributed by atoms with Crippen LogP contribution in [0.5, 0.6) is 0 Å². The molecule has 5 rings (SSSR count). The SMILES string of the molecule is CC(=O)N1c2ccc(C(N)CCc3ccncc3)cc2NC2=C(C(=O)CC(C)(C)C2)C1c1ccc(Cl)cc1Cl. The van der Waals surface area contributed by atoms with E-state index >= 15 is 0 Å². The van der Waals surface area contributed by atoms with Gasteiger partial charge in [-0.25, -0.2) is 0 Å². The molecular weight excluding hydrogens is 531 g/mol. The molecule has 1 amide bonds. The van der Waals surface area contributed by atoms with Crippen LogP contribution in [-0.2, 0) is 16.0 Å². The van der Waals surface area contributed by atoms with E-state index in [9.17, 15) is 9.59 Å². The summed E-state index contributed by atoms with van der Waals surface area (Å²) in [7, 11) is 0. The van der Waals surface area contributed by atoms with Gasteiger partial charge >= 0.3 is 0 Å². The van der Waals surface area contributed by atoms with E-state index in [0.717, 1.165) is 29.8 Å². The molecule has 2 atom stereocenters. The molecule has 2 aromatic carbocycles. The Bertz CT molecular complexity index is 1470. The quantitative estimate of drug-likeness (QED) is 0.343. The number of allylic oxidation sites excluding steroid dienone is 1. The lowest BCUT2D eigenvalue weighted by molar-refractivity contribution is -0.118. The Kier molecular flexibility index (Phi) is 7.55. The minimum Gasteiger partial charge on any atom is -0.357 e. The Morgan fingerprint density at radius 3 is 2.56 bits per heavy atom. The average molecular weight is 564 g/mol. The Labute approximate surface area is 239 Å². The highest BCUT2D eigenvalue weighted by Gasteiger charge is 2.43. The van der Waals surface area contributed by atoms with Gasteiger partial charge in [-0.1, -0.05) is 49.2 Å². The molecular formula is C31H32Cl2N4O2. The van der Waals surface area contributed by atoms with Crippen molar-refractivity contribution in [3.63, 3.8) is 0 Å². The normalized spacial score (nSPS) is 19.1. The fourth-order valence-electron chi connectivity index (χ4n) is 5.70. The molecule has 1 aliphatic carbocycles. The number of anilines is 2. The maximum atomic E-state index is 13.7. The van der Waals surface area contributed by atoms with Gasteiger partial charge in [-0.05, 0) is 77.8 Å². The maximum absolute atomic E-state index is 13.7. The predicted octanol–water partition coefficient (Wildman–Crippen LogP) is 7.18. The zero-order valence-electron chi connectivity index (χ0n) is 22.3. The number of carbonyl (C=O) groups is 2. The molecule has 1 aliphatic heterocycles. The first-order chi connectivity index (χ1) is 18.5. The van der Waals surface area contributed by atoms with Crippen LogP contribution in [0, 0.1) is 5.41 Å². The van der Waals surface area contributed by atoms with Crippen LogP contribution in [0.1, 0.15) is 68.8 Å². The molecule has 39 heavy (non-hydrogen) atoms. The van der Waals surface area contributed by atoms with Crippen LogP contribution >= 0.6 is 23.2 Å². The number of aryl methyl sites for hydroxylation is 1. The van der Waals surface area contributed by atoms with E-state index in [4.69, 9.17) is 28.9 Å². The van der Waals surface area contributed by atoms with Crippen molar-refractivity contribution in [2.24, 2.45) is 11.1 Å². The van der Waals surface area contributed by atoms with E-state index in [-0.39, 0.29) is 23.1 Å². The summed E-state index contributed by atoms with van der Waals surface area (Å²) in [5.74, 6) is -0.201. The van der Waals surface area contributed by atoms with E-state index in [2.05, 4.69) is 24.1 Å². The number of ketones is 1. The number of hydrogen-bond acceptors (Lipinski definition) is 5. The highest BCUT2D eigenvalue weighted by atomic mass is 35.5. The number of halogens is 2. The molecule has 2 aliphatic rings. The van der Waals surface area contributed by atoms with Crippen LogP contribution in [0.3, 0.4) is 0 Å². The first kappa shape index (κ1) is 27.4. The maximum Gasteiger partial charge on any atom is 0.224 e. The second-order valence-electron chi connectivity index (χ2n) is 11.2. The third-order valence-electron chi connectivity index (χ3n) is 7.54. The summed E-state index contributed by atoms with van der Waals surface area (Å²) in [4.78, 5) is 32.8. The van der Waals surface area contributed by atoms with E-state index in [1.807, 2.05) is 30.3 Å². The number of pyridine rings is 1. The Balaban J connectivity index is 1.61. The fourth-order valence-corrected chi connectivity index (χ4v) is 6.21. The molecule has 3 aromatic rings. The molecule has 3 N–H and O–H groups in total. The summed E-state index contributed by atoms with van der Waals surface area (Å²) in [6.07, 6.45) is 6.17. The van der Waals surface area contributed by atoms with Crippen molar-refractivity contribution in [3.8, 4) is 0 Å².